The van der Waals surface area contributed by atoms with Crippen molar-refractivity contribution in [2.75, 3.05) is 13.7 Å². The Bertz CT molecular complexity index is 581. The molecule has 2 aromatic rings. The van der Waals surface area contributed by atoms with Gasteiger partial charge in [0.1, 0.15) is 5.75 Å². The van der Waals surface area contributed by atoms with Gasteiger partial charge in [-0.05, 0) is 42.6 Å². The first-order chi connectivity index (χ1) is 8.26. The summed E-state index contributed by atoms with van der Waals surface area (Å²) in [6.07, 6.45) is 0.739. The van der Waals surface area contributed by atoms with E-state index in [2.05, 4.69) is 15.0 Å². The van der Waals surface area contributed by atoms with Crippen molar-refractivity contribution in [1.82, 2.24) is 4.98 Å². The van der Waals surface area contributed by atoms with Crippen molar-refractivity contribution < 1.29 is 4.74 Å². The van der Waals surface area contributed by atoms with Crippen LogP contribution in [0.5, 0.6) is 5.75 Å². The van der Waals surface area contributed by atoms with Gasteiger partial charge in [0.05, 0.1) is 7.11 Å². The third-order valence-corrected chi connectivity index (χ3v) is 2.85. The van der Waals surface area contributed by atoms with Gasteiger partial charge < -0.3 is 9.72 Å². The van der Waals surface area contributed by atoms with E-state index in [1.54, 1.807) is 7.11 Å². The highest BCUT2D eigenvalue weighted by Crippen LogP contribution is 2.26. The lowest BCUT2D eigenvalue weighted by Gasteiger charge is -2.01. The van der Waals surface area contributed by atoms with E-state index >= 15 is 0 Å². The van der Waals surface area contributed by atoms with Crippen molar-refractivity contribution in [1.29, 1.82) is 0 Å². The Labute approximate surface area is 99.0 Å². The molecule has 0 fully saturated rings. The van der Waals surface area contributed by atoms with E-state index in [0.717, 1.165) is 28.8 Å². The van der Waals surface area contributed by atoms with Crippen LogP contribution in [0, 0.1) is 6.92 Å². The molecule has 5 heteroatoms. The van der Waals surface area contributed by atoms with Crippen molar-refractivity contribution in [2.24, 2.45) is 5.11 Å². The van der Waals surface area contributed by atoms with Gasteiger partial charge in [-0.1, -0.05) is 5.11 Å². The number of aromatic nitrogens is 1. The summed E-state index contributed by atoms with van der Waals surface area (Å²) in [6.45, 7) is 2.50. The maximum absolute atomic E-state index is 8.29. The number of nitrogens with zero attached hydrogens (tertiary/aromatic N) is 3. The van der Waals surface area contributed by atoms with E-state index in [1.807, 2.05) is 25.1 Å². The van der Waals surface area contributed by atoms with Crippen molar-refractivity contribution >= 4 is 10.9 Å². The number of aryl methyl sites for hydroxylation is 1. The maximum Gasteiger partial charge on any atom is 0.119 e. The average molecular weight is 230 g/mol. The van der Waals surface area contributed by atoms with Crippen LogP contribution in [0.15, 0.2) is 23.3 Å². The number of hydrogen-bond donors (Lipinski definition) is 1. The minimum Gasteiger partial charge on any atom is -0.497 e. The second-order valence-corrected chi connectivity index (χ2v) is 3.84. The Hall–Kier alpha value is -2.13. The zero-order valence-electron chi connectivity index (χ0n) is 9.90. The predicted octanol–water partition coefficient (Wildman–Crippen LogP) is 3.34. The van der Waals surface area contributed by atoms with Crippen LogP contribution in [-0.4, -0.2) is 18.6 Å². The van der Waals surface area contributed by atoms with E-state index in [0.29, 0.717) is 6.54 Å². The molecule has 2 rings (SSSR count). The SMILES string of the molecule is COc1ccc2[nH]c(C)c(CCN=[N+]=[N-])c2c1. The molecule has 0 aliphatic rings. The Morgan fingerprint density at radius 1 is 1.47 bits per heavy atom. The molecule has 1 aromatic carbocycles. The molecule has 1 aromatic heterocycles. The molecule has 0 atom stereocenters. The first kappa shape index (κ1) is 11.4. The monoisotopic (exact) mass is 230 g/mol. The van der Waals surface area contributed by atoms with Crippen molar-refractivity contribution in [3.05, 3.63) is 39.9 Å². The van der Waals surface area contributed by atoms with Gasteiger partial charge in [-0.2, -0.15) is 0 Å². The van der Waals surface area contributed by atoms with E-state index < -0.39 is 0 Å². The molecular formula is C12H14N4O. The highest BCUT2D eigenvalue weighted by Gasteiger charge is 2.08. The fraction of sp³-hybridized carbons (Fsp3) is 0.333. The summed E-state index contributed by atoms with van der Waals surface area (Å²) in [4.78, 5) is 6.08. The van der Waals surface area contributed by atoms with Crippen LogP contribution in [0.2, 0.25) is 0 Å². The molecule has 1 N–H and O–H groups in total. The molecule has 0 aliphatic heterocycles. The largest absolute Gasteiger partial charge is 0.497 e. The summed E-state index contributed by atoms with van der Waals surface area (Å²) < 4.78 is 5.22. The number of ether oxygens (including phenoxy) is 1. The number of nitrogens with one attached hydrogen (secondary N) is 1. The fourth-order valence-electron chi connectivity index (χ4n) is 2.02. The third kappa shape index (κ3) is 2.19. The highest BCUT2D eigenvalue weighted by molar-refractivity contribution is 5.86. The van der Waals surface area contributed by atoms with Gasteiger partial charge in [0.2, 0.25) is 0 Å². The zero-order valence-corrected chi connectivity index (χ0v) is 9.90. The third-order valence-electron chi connectivity index (χ3n) is 2.85. The number of hydrogen-bond acceptors (Lipinski definition) is 2. The summed E-state index contributed by atoms with van der Waals surface area (Å²) in [5.74, 6) is 0.835. The first-order valence-corrected chi connectivity index (χ1v) is 5.42. The van der Waals surface area contributed by atoms with Crippen LogP contribution >= 0.6 is 0 Å². The van der Waals surface area contributed by atoms with Crippen LogP contribution in [-0.2, 0) is 6.42 Å². The molecule has 0 aliphatic carbocycles. The van der Waals surface area contributed by atoms with E-state index in [1.165, 1.54) is 5.56 Å². The van der Waals surface area contributed by atoms with Crippen LogP contribution < -0.4 is 4.74 Å². The molecule has 1 heterocycles. The van der Waals surface area contributed by atoms with Gasteiger partial charge in [-0.3, -0.25) is 0 Å². The van der Waals surface area contributed by atoms with Gasteiger partial charge in [-0.15, -0.1) is 0 Å². The van der Waals surface area contributed by atoms with Crippen LogP contribution in [0.25, 0.3) is 21.3 Å². The number of aromatic amines is 1. The number of fused-ring (bicyclic) bond motifs is 1. The second-order valence-electron chi connectivity index (χ2n) is 3.84. The first-order valence-electron chi connectivity index (χ1n) is 5.42. The number of azide groups is 1. The van der Waals surface area contributed by atoms with Crippen LogP contribution in [0.1, 0.15) is 11.3 Å². The summed E-state index contributed by atoms with van der Waals surface area (Å²) >= 11 is 0. The number of methoxy groups -OCH3 is 1. The van der Waals surface area contributed by atoms with Crippen LogP contribution in [0.4, 0.5) is 0 Å². The van der Waals surface area contributed by atoms with E-state index in [4.69, 9.17) is 10.3 Å². The van der Waals surface area contributed by atoms with Gasteiger partial charge in [0.15, 0.2) is 0 Å². The lowest BCUT2D eigenvalue weighted by Crippen LogP contribution is -1.90. The van der Waals surface area contributed by atoms with Gasteiger partial charge in [0.25, 0.3) is 0 Å². The molecular weight excluding hydrogens is 216 g/mol. The molecule has 0 bridgehead atoms. The smallest absolute Gasteiger partial charge is 0.119 e. The zero-order chi connectivity index (χ0) is 12.3. The second kappa shape index (κ2) is 4.80. The van der Waals surface area contributed by atoms with Crippen molar-refractivity contribution in [2.45, 2.75) is 13.3 Å². The number of H-pyrrole nitrogens is 1. The van der Waals surface area contributed by atoms with Crippen molar-refractivity contribution in [3.8, 4) is 5.75 Å². The maximum atomic E-state index is 8.29. The molecule has 0 spiro atoms. The highest BCUT2D eigenvalue weighted by atomic mass is 16.5. The summed E-state index contributed by atoms with van der Waals surface area (Å²) in [5.41, 5.74) is 11.7. The normalized spacial score (nSPS) is 10.2. The molecule has 0 saturated carbocycles. The van der Waals surface area contributed by atoms with Gasteiger partial charge in [0, 0.05) is 28.1 Å². The minimum atomic E-state index is 0.474. The molecule has 17 heavy (non-hydrogen) atoms. The molecule has 0 saturated heterocycles. The molecule has 0 unspecified atom stereocenters. The van der Waals surface area contributed by atoms with Crippen molar-refractivity contribution in [3.63, 3.8) is 0 Å². The van der Waals surface area contributed by atoms with E-state index in [-0.39, 0.29) is 0 Å². The Balaban J connectivity index is 2.44. The molecule has 5 nitrogen and oxygen atoms in total. The Morgan fingerprint density at radius 2 is 2.29 bits per heavy atom. The summed E-state index contributed by atoms with van der Waals surface area (Å²) in [6, 6.07) is 5.93. The number of rotatable bonds is 4. The Morgan fingerprint density at radius 3 is 3.00 bits per heavy atom. The number of benzene rings is 1. The topological polar surface area (TPSA) is 73.8 Å². The fourth-order valence-corrected chi connectivity index (χ4v) is 2.02. The van der Waals surface area contributed by atoms with Gasteiger partial charge in [-0.25, -0.2) is 0 Å². The molecule has 0 amide bonds. The lowest BCUT2D eigenvalue weighted by molar-refractivity contribution is 0.415. The van der Waals surface area contributed by atoms with E-state index in [9.17, 15) is 0 Å². The molecule has 0 radical (unpaired) electrons. The molecule has 88 valence electrons. The minimum absolute atomic E-state index is 0.474. The van der Waals surface area contributed by atoms with Gasteiger partial charge >= 0.3 is 0 Å². The van der Waals surface area contributed by atoms with Crippen LogP contribution in [0.3, 0.4) is 0 Å². The standard InChI is InChI=1S/C12H14N4O/c1-8-10(5-6-14-16-13)11-7-9(17-2)3-4-12(11)15-8/h3-4,7,15H,5-6H2,1-2H3. The quantitative estimate of drug-likeness (QED) is 0.488. The summed E-state index contributed by atoms with van der Waals surface area (Å²) in [5, 5.41) is 4.71. The lowest BCUT2D eigenvalue weighted by atomic mass is 10.1. The predicted molar refractivity (Wildman–Crippen MR) is 67.3 cm³/mol. The average Bonchev–Trinajstić information content (AvgIpc) is 2.65. The summed E-state index contributed by atoms with van der Waals surface area (Å²) in [7, 11) is 1.65. The Kier molecular flexibility index (Phi) is 3.21.